The molecule has 6 heteroatoms. The molecular weight excluding hydrogens is 380 g/mol. The Labute approximate surface area is 176 Å². The van der Waals surface area contributed by atoms with Crippen LogP contribution in [-0.2, 0) is 6.61 Å². The van der Waals surface area contributed by atoms with Crippen molar-refractivity contribution in [3.63, 3.8) is 0 Å². The highest BCUT2D eigenvalue weighted by atomic mass is 16.5. The molecule has 0 radical (unpaired) electrons. The van der Waals surface area contributed by atoms with Crippen LogP contribution in [0.2, 0.25) is 0 Å². The van der Waals surface area contributed by atoms with E-state index < -0.39 is 0 Å². The number of benzene rings is 3. The fourth-order valence-corrected chi connectivity index (χ4v) is 2.76. The minimum Gasteiger partial charge on any atom is -0.493 e. The van der Waals surface area contributed by atoms with Gasteiger partial charge in [-0.25, -0.2) is 5.43 Å². The van der Waals surface area contributed by atoms with E-state index in [0.29, 0.717) is 36.0 Å². The molecule has 0 atom stereocenters. The molecule has 3 aromatic carbocycles. The van der Waals surface area contributed by atoms with E-state index in [9.17, 15) is 4.79 Å². The first-order chi connectivity index (χ1) is 14.7. The summed E-state index contributed by atoms with van der Waals surface area (Å²) < 4.78 is 16.6. The zero-order valence-electron chi connectivity index (χ0n) is 17.0. The number of carbonyl (C=O) groups is 1. The van der Waals surface area contributed by atoms with Gasteiger partial charge < -0.3 is 14.2 Å². The summed E-state index contributed by atoms with van der Waals surface area (Å²) in [6.45, 7) is 2.85. The highest BCUT2D eigenvalue weighted by Gasteiger charge is 2.10. The zero-order chi connectivity index (χ0) is 21.2. The molecule has 0 aliphatic heterocycles. The summed E-state index contributed by atoms with van der Waals surface area (Å²) >= 11 is 0. The lowest BCUT2D eigenvalue weighted by Gasteiger charge is -2.10. The van der Waals surface area contributed by atoms with Crippen LogP contribution in [0.15, 0.2) is 77.9 Å². The number of ether oxygens (including phenoxy) is 3. The lowest BCUT2D eigenvalue weighted by Crippen LogP contribution is -2.17. The third-order valence-corrected chi connectivity index (χ3v) is 4.25. The van der Waals surface area contributed by atoms with Gasteiger partial charge in [-0.2, -0.15) is 5.10 Å². The van der Waals surface area contributed by atoms with Crippen molar-refractivity contribution in [1.82, 2.24) is 5.43 Å². The van der Waals surface area contributed by atoms with Crippen molar-refractivity contribution in [1.29, 1.82) is 0 Å². The molecule has 0 saturated heterocycles. The smallest absolute Gasteiger partial charge is 0.271 e. The molecule has 1 amide bonds. The summed E-state index contributed by atoms with van der Waals surface area (Å²) in [5.41, 5.74) is 4.78. The molecule has 3 rings (SSSR count). The topological polar surface area (TPSA) is 69.2 Å². The molecule has 0 saturated carbocycles. The number of hydrogen-bond donors (Lipinski definition) is 1. The third-order valence-electron chi connectivity index (χ3n) is 4.25. The summed E-state index contributed by atoms with van der Waals surface area (Å²) in [5, 5.41) is 4.07. The van der Waals surface area contributed by atoms with Crippen molar-refractivity contribution in [2.45, 2.75) is 13.5 Å². The van der Waals surface area contributed by atoms with Gasteiger partial charge in [0.05, 0.1) is 19.9 Å². The largest absolute Gasteiger partial charge is 0.493 e. The SMILES string of the molecule is CCOc1ccc(C(=O)N/N=C\c2ccccc2OCc2ccccc2)cc1OC. The maximum absolute atomic E-state index is 12.4. The summed E-state index contributed by atoms with van der Waals surface area (Å²) in [7, 11) is 1.53. The summed E-state index contributed by atoms with van der Waals surface area (Å²) in [6, 6.07) is 22.4. The predicted octanol–water partition coefficient (Wildman–Crippen LogP) is 4.44. The number of hydrazone groups is 1. The average molecular weight is 404 g/mol. The normalized spacial score (nSPS) is 10.6. The number of rotatable bonds is 9. The monoisotopic (exact) mass is 404 g/mol. The van der Waals surface area contributed by atoms with Crippen LogP contribution in [0.25, 0.3) is 0 Å². The molecule has 1 N–H and O–H groups in total. The first-order valence-electron chi connectivity index (χ1n) is 9.61. The van der Waals surface area contributed by atoms with Crippen molar-refractivity contribution in [2.75, 3.05) is 13.7 Å². The van der Waals surface area contributed by atoms with E-state index in [1.165, 1.54) is 7.11 Å². The molecule has 0 heterocycles. The molecule has 154 valence electrons. The van der Waals surface area contributed by atoms with Crippen molar-refractivity contribution in [3.05, 3.63) is 89.5 Å². The van der Waals surface area contributed by atoms with Crippen molar-refractivity contribution < 1.29 is 19.0 Å². The van der Waals surface area contributed by atoms with Gasteiger partial charge in [-0.1, -0.05) is 42.5 Å². The fraction of sp³-hybridized carbons (Fsp3) is 0.167. The van der Waals surface area contributed by atoms with Gasteiger partial charge in [0.25, 0.3) is 5.91 Å². The fourth-order valence-electron chi connectivity index (χ4n) is 2.76. The molecule has 0 unspecified atom stereocenters. The molecule has 0 aromatic heterocycles. The Balaban J connectivity index is 1.64. The van der Waals surface area contributed by atoms with Gasteiger partial charge >= 0.3 is 0 Å². The molecular formula is C24H24N2O4. The number of nitrogens with one attached hydrogen (secondary N) is 1. The Bertz CT molecular complexity index is 1000. The van der Waals surface area contributed by atoms with Gasteiger partial charge in [-0.3, -0.25) is 4.79 Å². The van der Waals surface area contributed by atoms with E-state index in [1.807, 2.05) is 61.5 Å². The second kappa shape index (κ2) is 10.7. The number of hydrogen-bond acceptors (Lipinski definition) is 5. The molecule has 3 aromatic rings. The Morgan fingerprint density at radius 2 is 1.70 bits per heavy atom. The molecule has 0 spiro atoms. The lowest BCUT2D eigenvalue weighted by atomic mass is 10.2. The first-order valence-corrected chi connectivity index (χ1v) is 9.61. The van der Waals surface area contributed by atoms with Crippen LogP contribution in [-0.4, -0.2) is 25.8 Å². The molecule has 6 nitrogen and oxygen atoms in total. The Morgan fingerprint density at radius 3 is 2.47 bits per heavy atom. The predicted molar refractivity (Wildman–Crippen MR) is 116 cm³/mol. The minimum atomic E-state index is -0.352. The van der Waals surface area contributed by atoms with E-state index >= 15 is 0 Å². The number of methoxy groups -OCH3 is 1. The maximum Gasteiger partial charge on any atom is 0.271 e. The van der Waals surface area contributed by atoms with Crippen molar-refractivity contribution in [2.24, 2.45) is 5.10 Å². The third kappa shape index (κ3) is 5.61. The molecule has 30 heavy (non-hydrogen) atoms. The van der Waals surface area contributed by atoms with E-state index in [-0.39, 0.29) is 5.91 Å². The second-order valence-corrected chi connectivity index (χ2v) is 6.31. The minimum absolute atomic E-state index is 0.352. The Morgan fingerprint density at radius 1 is 0.933 bits per heavy atom. The summed E-state index contributed by atoms with van der Waals surface area (Å²) in [5.74, 6) is 1.41. The number of amides is 1. The second-order valence-electron chi connectivity index (χ2n) is 6.31. The Kier molecular flexibility index (Phi) is 7.44. The summed E-state index contributed by atoms with van der Waals surface area (Å²) in [6.07, 6.45) is 1.56. The molecule has 0 bridgehead atoms. The van der Waals surface area contributed by atoms with Crippen molar-refractivity contribution >= 4 is 12.1 Å². The lowest BCUT2D eigenvalue weighted by molar-refractivity contribution is 0.0954. The zero-order valence-corrected chi connectivity index (χ0v) is 17.0. The van der Waals surface area contributed by atoms with E-state index in [0.717, 1.165) is 11.1 Å². The van der Waals surface area contributed by atoms with Crippen molar-refractivity contribution in [3.8, 4) is 17.2 Å². The van der Waals surface area contributed by atoms with Gasteiger partial charge in [-0.05, 0) is 42.8 Å². The highest BCUT2D eigenvalue weighted by Crippen LogP contribution is 2.28. The van der Waals surface area contributed by atoms with Crippen LogP contribution in [0.1, 0.15) is 28.4 Å². The number of nitrogens with zero attached hydrogens (tertiary/aromatic N) is 1. The van der Waals surface area contributed by atoms with Crippen LogP contribution in [0.4, 0.5) is 0 Å². The van der Waals surface area contributed by atoms with Crippen LogP contribution < -0.4 is 19.6 Å². The number of para-hydroxylation sites is 1. The van der Waals surface area contributed by atoms with Crippen LogP contribution in [0.5, 0.6) is 17.2 Å². The van der Waals surface area contributed by atoms with Gasteiger partial charge in [0, 0.05) is 11.1 Å². The van der Waals surface area contributed by atoms with E-state index in [1.54, 1.807) is 24.4 Å². The van der Waals surface area contributed by atoms with Crippen LogP contribution in [0.3, 0.4) is 0 Å². The van der Waals surface area contributed by atoms with Gasteiger partial charge in [-0.15, -0.1) is 0 Å². The van der Waals surface area contributed by atoms with E-state index in [2.05, 4.69) is 10.5 Å². The van der Waals surface area contributed by atoms with Gasteiger partial charge in [0.15, 0.2) is 11.5 Å². The quantitative estimate of drug-likeness (QED) is 0.423. The molecule has 0 fully saturated rings. The molecule has 0 aliphatic carbocycles. The summed E-state index contributed by atoms with van der Waals surface area (Å²) in [4.78, 5) is 12.4. The van der Waals surface area contributed by atoms with Crippen LogP contribution >= 0.6 is 0 Å². The van der Waals surface area contributed by atoms with E-state index in [4.69, 9.17) is 14.2 Å². The standard InChI is InChI=1S/C24H24N2O4/c1-3-29-22-14-13-19(15-23(22)28-2)24(27)26-25-16-20-11-7-8-12-21(20)30-17-18-9-5-4-6-10-18/h4-16H,3,17H2,1-2H3,(H,26,27)/b25-16-. The first kappa shape index (κ1) is 20.9. The maximum atomic E-state index is 12.4. The molecule has 0 aliphatic rings. The van der Waals surface area contributed by atoms with Crippen LogP contribution in [0, 0.1) is 0 Å². The van der Waals surface area contributed by atoms with Gasteiger partial charge in [0.2, 0.25) is 0 Å². The van der Waals surface area contributed by atoms with Gasteiger partial charge in [0.1, 0.15) is 12.4 Å². The Hall–Kier alpha value is -3.80. The number of carbonyl (C=O) groups excluding carboxylic acids is 1. The highest BCUT2D eigenvalue weighted by molar-refractivity contribution is 5.95. The average Bonchev–Trinajstić information content (AvgIpc) is 2.79.